The third-order valence-corrected chi connectivity index (χ3v) is 6.81. The van der Waals surface area contributed by atoms with Gasteiger partial charge in [-0.3, -0.25) is 9.59 Å². The van der Waals surface area contributed by atoms with Gasteiger partial charge in [-0.15, -0.1) is 0 Å². The van der Waals surface area contributed by atoms with E-state index in [1.54, 1.807) is 21.1 Å². The number of carbonyl (C=O) groups is 2. The Kier molecular flexibility index (Phi) is 9.31. The van der Waals surface area contributed by atoms with Crippen molar-refractivity contribution in [1.82, 2.24) is 4.98 Å². The fraction of sp³-hybridized carbons (Fsp3) is 0.323. The number of pyridine rings is 1. The molecular weight excluding hydrogens is 537 g/mol. The molecule has 1 heterocycles. The van der Waals surface area contributed by atoms with E-state index in [2.05, 4.69) is 4.98 Å². The predicted octanol–water partition coefficient (Wildman–Crippen LogP) is 6.25. The number of aromatic nitrogens is 1. The number of carbonyl (C=O) groups excluding carboxylic acids is 2. The lowest BCUT2D eigenvalue weighted by atomic mass is 9.86. The molecule has 1 aliphatic rings. The highest BCUT2D eigenvalue weighted by atomic mass is 19.4. The van der Waals surface area contributed by atoms with Gasteiger partial charge in [-0.05, 0) is 78.9 Å². The van der Waals surface area contributed by atoms with E-state index in [4.69, 9.17) is 14.2 Å². The molecule has 2 aromatic carbocycles. The van der Waals surface area contributed by atoms with Crippen LogP contribution in [0.15, 0.2) is 66.7 Å². The minimum absolute atomic E-state index is 0.0497. The molecule has 216 valence electrons. The Labute approximate surface area is 236 Å². The van der Waals surface area contributed by atoms with Crippen molar-refractivity contribution in [3.8, 4) is 11.5 Å². The molecule has 0 fully saturated rings. The van der Waals surface area contributed by atoms with Gasteiger partial charge in [0.05, 0.1) is 32.1 Å². The van der Waals surface area contributed by atoms with Crippen molar-refractivity contribution >= 4 is 23.1 Å². The minimum atomic E-state index is -4.69. The molecule has 1 unspecified atom stereocenters. The molecule has 0 radical (unpaired) electrons. The standard InChI is InChI=1S/C31H31F3N2O5/c1-4-41-30(38)25-14-9-22(17-27(25)37)29-26(31(32,33)34)15-16-28(35-29)36(18-20-5-10-23(39-2)11-6-20)19-21-7-12-24(40-3)13-8-21/h5-8,10-13,15-17,25H,4,9,14,18-19H2,1-3H3. The summed E-state index contributed by atoms with van der Waals surface area (Å²) < 4.78 is 57.8. The Bertz CT molecular complexity index is 1350. The molecule has 1 atom stereocenters. The molecule has 0 spiro atoms. The van der Waals surface area contributed by atoms with E-state index in [0.717, 1.165) is 23.3 Å². The van der Waals surface area contributed by atoms with E-state index in [1.165, 1.54) is 6.07 Å². The molecule has 4 rings (SSSR count). The van der Waals surface area contributed by atoms with Crippen LogP contribution in [-0.4, -0.2) is 37.6 Å². The van der Waals surface area contributed by atoms with Gasteiger partial charge in [-0.2, -0.15) is 13.2 Å². The molecule has 3 aromatic rings. The molecule has 0 saturated carbocycles. The summed E-state index contributed by atoms with van der Waals surface area (Å²) in [5, 5.41) is 0. The lowest BCUT2D eigenvalue weighted by Gasteiger charge is -2.27. The smallest absolute Gasteiger partial charge is 0.418 e. The second-order valence-electron chi connectivity index (χ2n) is 9.53. The second kappa shape index (κ2) is 12.9. The monoisotopic (exact) mass is 568 g/mol. The maximum Gasteiger partial charge on any atom is 0.418 e. The summed E-state index contributed by atoms with van der Waals surface area (Å²) in [6.07, 6.45) is -3.47. The summed E-state index contributed by atoms with van der Waals surface area (Å²) in [6, 6.07) is 17.1. The molecule has 0 N–H and O–H groups in total. The molecule has 0 amide bonds. The molecule has 7 nitrogen and oxygen atoms in total. The Balaban J connectivity index is 1.74. The van der Waals surface area contributed by atoms with Crippen LogP contribution >= 0.6 is 0 Å². The van der Waals surface area contributed by atoms with E-state index >= 15 is 0 Å². The summed E-state index contributed by atoms with van der Waals surface area (Å²) in [7, 11) is 3.14. The van der Waals surface area contributed by atoms with Crippen LogP contribution in [0.3, 0.4) is 0 Å². The van der Waals surface area contributed by atoms with Gasteiger partial charge in [0.1, 0.15) is 23.2 Å². The first-order valence-electron chi connectivity index (χ1n) is 13.1. The molecule has 10 heteroatoms. The van der Waals surface area contributed by atoms with Gasteiger partial charge in [0, 0.05) is 13.1 Å². The van der Waals surface area contributed by atoms with Crippen LogP contribution in [-0.2, 0) is 33.6 Å². The van der Waals surface area contributed by atoms with Gasteiger partial charge in [-0.25, -0.2) is 4.98 Å². The summed E-state index contributed by atoms with van der Waals surface area (Å²) in [6.45, 7) is 2.42. The van der Waals surface area contributed by atoms with Gasteiger partial charge in [0.25, 0.3) is 0 Å². The average molecular weight is 569 g/mol. The number of nitrogens with zero attached hydrogens (tertiary/aromatic N) is 2. The molecule has 0 saturated heterocycles. The number of esters is 1. The minimum Gasteiger partial charge on any atom is -0.497 e. The normalized spacial score (nSPS) is 15.2. The third-order valence-electron chi connectivity index (χ3n) is 6.81. The number of allylic oxidation sites excluding steroid dienone is 2. The SMILES string of the molecule is CCOC(=O)C1CCC(c2nc(N(Cc3ccc(OC)cc3)Cc3ccc(OC)cc3)ccc2C(F)(F)F)=CC1=O. The number of ketones is 1. The molecule has 41 heavy (non-hydrogen) atoms. The lowest BCUT2D eigenvalue weighted by molar-refractivity contribution is -0.151. The van der Waals surface area contributed by atoms with E-state index in [0.29, 0.717) is 30.4 Å². The largest absolute Gasteiger partial charge is 0.497 e. The zero-order valence-electron chi connectivity index (χ0n) is 23.0. The molecular formula is C31H31F3N2O5. The van der Waals surface area contributed by atoms with Crippen molar-refractivity contribution in [2.24, 2.45) is 5.92 Å². The number of ether oxygens (including phenoxy) is 3. The van der Waals surface area contributed by atoms with Crippen LogP contribution in [0, 0.1) is 5.92 Å². The van der Waals surface area contributed by atoms with Crippen molar-refractivity contribution in [3.63, 3.8) is 0 Å². The van der Waals surface area contributed by atoms with Gasteiger partial charge in [0.15, 0.2) is 5.78 Å². The molecule has 1 aromatic heterocycles. The van der Waals surface area contributed by atoms with Gasteiger partial charge in [0.2, 0.25) is 0 Å². The Morgan fingerprint density at radius 1 is 0.927 bits per heavy atom. The maximum atomic E-state index is 14.1. The number of alkyl halides is 3. The van der Waals surface area contributed by atoms with E-state index in [1.807, 2.05) is 53.4 Å². The number of methoxy groups -OCH3 is 2. The third kappa shape index (κ3) is 7.25. The van der Waals surface area contributed by atoms with Crippen LogP contribution < -0.4 is 14.4 Å². The summed E-state index contributed by atoms with van der Waals surface area (Å²) in [5.74, 6) is -0.617. The fourth-order valence-corrected chi connectivity index (χ4v) is 4.67. The van der Waals surface area contributed by atoms with Gasteiger partial charge < -0.3 is 19.1 Å². The van der Waals surface area contributed by atoms with Crippen molar-refractivity contribution in [2.45, 2.75) is 39.0 Å². The van der Waals surface area contributed by atoms with Crippen LogP contribution in [0.4, 0.5) is 19.0 Å². The van der Waals surface area contributed by atoms with Crippen LogP contribution in [0.2, 0.25) is 0 Å². The first-order chi connectivity index (χ1) is 19.6. The number of rotatable bonds is 10. The molecule has 0 bridgehead atoms. The van der Waals surface area contributed by atoms with Crippen molar-refractivity contribution in [3.05, 3.63) is 89.1 Å². The van der Waals surface area contributed by atoms with Crippen molar-refractivity contribution in [2.75, 3.05) is 25.7 Å². The first kappa shape index (κ1) is 29.6. The summed E-state index contributed by atoms with van der Waals surface area (Å²) >= 11 is 0. The zero-order chi connectivity index (χ0) is 29.6. The average Bonchev–Trinajstić information content (AvgIpc) is 2.97. The Hall–Kier alpha value is -4.34. The van der Waals surface area contributed by atoms with E-state index in [9.17, 15) is 22.8 Å². The summed E-state index contributed by atoms with van der Waals surface area (Å²) in [4.78, 5) is 31.2. The molecule has 1 aliphatic carbocycles. The predicted molar refractivity (Wildman–Crippen MR) is 147 cm³/mol. The highest BCUT2D eigenvalue weighted by Gasteiger charge is 2.38. The topological polar surface area (TPSA) is 78.0 Å². The van der Waals surface area contributed by atoms with Crippen molar-refractivity contribution in [1.29, 1.82) is 0 Å². The second-order valence-corrected chi connectivity index (χ2v) is 9.53. The number of halogens is 3. The van der Waals surface area contributed by atoms with Gasteiger partial charge in [-0.1, -0.05) is 24.3 Å². The quantitative estimate of drug-likeness (QED) is 0.211. The number of benzene rings is 2. The van der Waals surface area contributed by atoms with E-state index in [-0.39, 0.29) is 30.7 Å². The highest BCUT2D eigenvalue weighted by Crippen LogP contribution is 2.39. The number of anilines is 1. The summed E-state index contributed by atoms with van der Waals surface area (Å²) in [5.41, 5.74) is 0.668. The Morgan fingerprint density at radius 3 is 1.95 bits per heavy atom. The van der Waals surface area contributed by atoms with Crippen LogP contribution in [0.5, 0.6) is 11.5 Å². The van der Waals surface area contributed by atoms with E-state index < -0.39 is 29.4 Å². The fourth-order valence-electron chi connectivity index (χ4n) is 4.67. The Morgan fingerprint density at radius 2 is 1.49 bits per heavy atom. The number of hydrogen-bond acceptors (Lipinski definition) is 7. The zero-order valence-corrected chi connectivity index (χ0v) is 23.0. The van der Waals surface area contributed by atoms with Crippen LogP contribution in [0.1, 0.15) is 42.1 Å². The lowest BCUT2D eigenvalue weighted by Crippen LogP contribution is -2.28. The van der Waals surface area contributed by atoms with Crippen LogP contribution in [0.25, 0.3) is 5.57 Å². The highest BCUT2D eigenvalue weighted by molar-refractivity contribution is 6.09. The number of hydrogen-bond donors (Lipinski definition) is 0. The van der Waals surface area contributed by atoms with Gasteiger partial charge >= 0.3 is 12.1 Å². The first-order valence-corrected chi connectivity index (χ1v) is 13.1. The maximum absolute atomic E-state index is 14.1. The molecule has 0 aliphatic heterocycles. The van der Waals surface area contributed by atoms with Crippen molar-refractivity contribution < 1.29 is 37.0 Å².